The fraction of sp³-hybridized carbons (Fsp3) is 0.312. The Morgan fingerprint density at radius 2 is 2.05 bits per heavy atom. The topological polar surface area (TPSA) is 52.6 Å². The van der Waals surface area contributed by atoms with E-state index in [9.17, 15) is 9.90 Å². The first-order valence-electron chi connectivity index (χ1n) is 6.69. The summed E-state index contributed by atoms with van der Waals surface area (Å²) >= 11 is 0. The number of phenols is 1. The number of phenolic OH excluding ortho intramolecular Hbond substituents is 1. The van der Waals surface area contributed by atoms with Crippen LogP contribution in [0.4, 0.5) is 5.69 Å². The molecular formula is C16H20N2O2. The predicted molar refractivity (Wildman–Crippen MR) is 80.8 cm³/mol. The minimum absolute atomic E-state index is 0.0751. The lowest BCUT2D eigenvalue weighted by Gasteiger charge is -2.28. The SMILES string of the molecule is C=CCN(CC=C)C(C)c1ccc(O)c2c1CC(=O)N2. The number of hydrogen-bond donors (Lipinski definition) is 2. The van der Waals surface area contributed by atoms with Gasteiger partial charge in [0.2, 0.25) is 5.91 Å². The van der Waals surface area contributed by atoms with Crippen LogP contribution in [0.3, 0.4) is 0 Å². The fourth-order valence-electron chi connectivity index (χ4n) is 2.64. The summed E-state index contributed by atoms with van der Waals surface area (Å²) in [5.41, 5.74) is 2.50. The van der Waals surface area contributed by atoms with Gasteiger partial charge in [-0.15, -0.1) is 13.2 Å². The van der Waals surface area contributed by atoms with E-state index in [-0.39, 0.29) is 17.7 Å². The van der Waals surface area contributed by atoms with Gasteiger partial charge in [-0.25, -0.2) is 0 Å². The molecule has 1 atom stereocenters. The van der Waals surface area contributed by atoms with Crippen LogP contribution in [0, 0.1) is 0 Å². The monoisotopic (exact) mass is 272 g/mol. The Bertz CT molecular complexity index is 542. The van der Waals surface area contributed by atoms with Gasteiger partial charge in [0.1, 0.15) is 5.75 Å². The number of benzene rings is 1. The molecule has 1 aromatic rings. The van der Waals surface area contributed by atoms with Crippen LogP contribution < -0.4 is 5.32 Å². The quantitative estimate of drug-likeness (QED) is 0.618. The molecule has 1 unspecified atom stereocenters. The lowest BCUT2D eigenvalue weighted by Crippen LogP contribution is -2.28. The summed E-state index contributed by atoms with van der Waals surface area (Å²) in [6.07, 6.45) is 4.02. The van der Waals surface area contributed by atoms with Gasteiger partial charge >= 0.3 is 0 Å². The van der Waals surface area contributed by atoms with E-state index in [0.717, 1.165) is 24.2 Å². The van der Waals surface area contributed by atoms with Crippen molar-refractivity contribution in [3.8, 4) is 5.75 Å². The minimum Gasteiger partial charge on any atom is -0.506 e. The molecule has 1 aromatic carbocycles. The largest absolute Gasteiger partial charge is 0.506 e. The standard InChI is InChI=1S/C16H20N2O2/c1-4-8-18(9-5-2)11(3)12-6-7-14(19)16-13(12)10-15(20)17-16/h4-7,11,19H,1-2,8-10H2,3H3,(H,17,20). The summed E-state index contributed by atoms with van der Waals surface area (Å²) in [7, 11) is 0. The molecule has 106 valence electrons. The molecule has 0 spiro atoms. The molecule has 0 fully saturated rings. The van der Waals surface area contributed by atoms with E-state index in [1.807, 2.05) is 18.2 Å². The van der Waals surface area contributed by atoms with Gasteiger partial charge in [0, 0.05) is 19.1 Å². The predicted octanol–water partition coefficient (Wildman–Crippen LogP) is 2.62. The highest BCUT2D eigenvalue weighted by molar-refractivity contribution is 6.01. The third kappa shape index (κ3) is 2.60. The van der Waals surface area contributed by atoms with E-state index >= 15 is 0 Å². The first kappa shape index (κ1) is 14.3. The average molecular weight is 272 g/mol. The number of rotatable bonds is 6. The summed E-state index contributed by atoms with van der Waals surface area (Å²) < 4.78 is 0. The van der Waals surface area contributed by atoms with Crippen LogP contribution >= 0.6 is 0 Å². The first-order valence-corrected chi connectivity index (χ1v) is 6.69. The first-order chi connectivity index (χ1) is 9.58. The maximum absolute atomic E-state index is 11.6. The second kappa shape index (κ2) is 5.92. The normalized spacial score (nSPS) is 14.8. The lowest BCUT2D eigenvalue weighted by molar-refractivity contribution is -0.115. The molecule has 0 radical (unpaired) electrons. The molecule has 0 saturated heterocycles. The fourth-order valence-corrected chi connectivity index (χ4v) is 2.64. The van der Waals surface area contributed by atoms with Gasteiger partial charge in [-0.3, -0.25) is 9.69 Å². The highest BCUT2D eigenvalue weighted by Crippen LogP contribution is 2.38. The molecule has 0 aromatic heterocycles. The minimum atomic E-state index is -0.0751. The molecule has 0 saturated carbocycles. The Morgan fingerprint density at radius 3 is 2.65 bits per heavy atom. The lowest BCUT2D eigenvalue weighted by atomic mass is 9.97. The average Bonchev–Trinajstić information content (AvgIpc) is 2.81. The van der Waals surface area contributed by atoms with Crippen LogP contribution in [0.1, 0.15) is 24.1 Å². The summed E-state index contributed by atoms with van der Waals surface area (Å²) in [6.45, 7) is 11.1. The van der Waals surface area contributed by atoms with Crippen molar-refractivity contribution in [3.05, 3.63) is 48.6 Å². The summed E-state index contributed by atoms with van der Waals surface area (Å²) in [5, 5.41) is 12.6. The summed E-state index contributed by atoms with van der Waals surface area (Å²) in [4.78, 5) is 13.8. The molecule has 1 aliphatic heterocycles. The van der Waals surface area contributed by atoms with Gasteiger partial charge in [-0.2, -0.15) is 0 Å². The van der Waals surface area contributed by atoms with Crippen molar-refractivity contribution in [2.45, 2.75) is 19.4 Å². The number of carbonyl (C=O) groups excluding carboxylic acids is 1. The molecular weight excluding hydrogens is 252 g/mol. The van der Waals surface area contributed by atoms with Crippen LogP contribution in [0.5, 0.6) is 5.75 Å². The summed E-state index contributed by atoms with van der Waals surface area (Å²) in [6, 6.07) is 3.64. The third-order valence-corrected chi connectivity index (χ3v) is 3.65. The van der Waals surface area contributed by atoms with E-state index in [0.29, 0.717) is 12.1 Å². The van der Waals surface area contributed by atoms with Gasteiger partial charge in [-0.05, 0) is 24.1 Å². The van der Waals surface area contributed by atoms with Crippen molar-refractivity contribution in [1.29, 1.82) is 0 Å². The van der Waals surface area contributed by atoms with E-state index in [1.165, 1.54) is 0 Å². The Balaban J connectivity index is 2.37. The number of carbonyl (C=O) groups is 1. The van der Waals surface area contributed by atoms with Crippen molar-refractivity contribution < 1.29 is 9.90 Å². The highest BCUT2D eigenvalue weighted by atomic mass is 16.3. The molecule has 2 rings (SSSR count). The van der Waals surface area contributed by atoms with Gasteiger partial charge in [0.15, 0.2) is 0 Å². The zero-order valence-electron chi connectivity index (χ0n) is 11.7. The van der Waals surface area contributed by atoms with Crippen molar-refractivity contribution in [1.82, 2.24) is 4.90 Å². The van der Waals surface area contributed by atoms with Gasteiger partial charge in [-0.1, -0.05) is 18.2 Å². The summed E-state index contributed by atoms with van der Waals surface area (Å²) in [5.74, 6) is 0.0507. The maximum atomic E-state index is 11.6. The van der Waals surface area contributed by atoms with Crippen molar-refractivity contribution >= 4 is 11.6 Å². The molecule has 0 bridgehead atoms. The van der Waals surface area contributed by atoms with Crippen LogP contribution in [-0.2, 0) is 11.2 Å². The number of hydrogen-bond acceptors (Lipinski definition) is 3. The van der Waals surface area contributed by atoms with Gasteiger partial charge in [0.05, 0.1) is 12.1 Å². The van der Waals surface area contributed by atoms with Crippen LogP contribution in [0.2, 0.25) is 0 Å². The number of nitrogens with one attached hydrogen (secondary N) is 1. The van der Waals surface area contributed by atoms with Crippen molar-refractivity contribution in [3.63, 3.8) is 0 Å². The number of aromatic hydroxyl groups is 1. The Kier molecular flexibility index (Phi) is 4.25. The van der Waals surface area contributed by atoms with E-state index in [4.69, 9.17) is 0 Å². The van der Waals surface area contributed by atoms with E-state index < -0.39 is 0 Å². The molecule has 4 nitrogen and oxygen atoms in total. The molecule has 1 heterocycles. The van der Waals surface area contributed by atoms with E-state index in [2.05, 4.69) is 30.3 Å². The third-order valence-electron chi connectivity index (χ3n) is 3.65. The molecule has 4 heteroatoms. The van der Waals surface area contributed by atoms with E-state index in [1.54, 1.807) is 6.07 Å². The van der Waals surface area contributed by atoms with Crippen molar-refractivity contribution in [2.75, 3.05) is 18.4 Å². The molecule has 2 N–H and O–H groups in total. The number of nitrogens with zero attached hydrogens (tertiary/aromatic N) is 1. The molecule has 1 aliphatic rings. The second-order valence-electron chi connectivity index (χ2n) is 4.96. The van der Waals surface area contributed by atoms with Gasteiger partial charge < -0.3 is 10.4 Å². The Morgan fingerprint density at radius 1 is 1.40 bits per heavy atom. The second-order valence-corrected chi connectivity index (χ2v) is 4.96. The number of amides is 1. The van der Waals surface area contributed by atoms with Crippen LogP contribution in [0.25, 0.3) is 0 Å². The van der Waals surface area contributed by atoms with Gasteiger partial charge in [0.25, 0.3) is 0 Å². The number of fused-ring (bicyclic) bond motifs is 1. The Labute approximate surface area is 119 Å². The van der Waals surface area contributed by atoms with Crippen LogP contribution in [0.15, 0.2) is 37.4 Å². The molecule has 0 aliphatic carbocycles. The zero-order chi connectivity index (χ0) is 14.7. The smallest absolute Gasteiger partial charge is 0.228 e. The highest BCUT2D eigenvalue weighted by Gasteiger charge is 2.27. The molecule has 20 heavy (non-hydrogen) atoms. The number of anilines is 1. The van der Waals surface area contributed by atoms with Crippen LogP contribution in [-0.4, -0.2) is 29.0 Å². The maximum Gasteiger partial charge on any atom is 0.228 e. The zero-order valence-corrected chi connectivity index (χ0v) is 11.7. The molecule has 1 amide bonds. The Hall–Kier alpha value is -2.07. The van der Waals surface area contributed by atoms with Crippen molar-refractivity contribution in [2.24, 2.45) is 0 Å².